The SMILES string of the molecule is N[C@@H](c1cccc(OC(F)(F)F)c1)[C@H](O)C1CC1. The molecule has 1 aromatic rings. The van der Waals surface area contributed by atoms with Crippen molar-refractivity contribution in [1.82, 2.24) is 0 Å². The lowest BCUT2D eigenvalue weighted by atomic mass is 9.99. The van der Waals surface area contributed by atoms with E-state index in [0.717, 1.165) is 12.8 Å². The van der Waals surface area contributed by atoms with Gasteiger partial charge in [-0.05, 0) is 36.5 Å². The third-order valence-corrected chi connectivity index (χ3v) is 2.95. The number of nitrogens with two attached hydrogens (primary N) is 1. The van der Waals surface area contributed by atoms with Crippen LogP contribution < -0.4 is 10.5 Å². The highest BCUT2D eigenvalue weighted by Crippen LogP contribution is 2.37. The fourth-order valence-electron chi connectivity index (χ4n) is 1.85. The van der Waals surface area contributed by atoms with E-state index >= 15 is 0 Å². The van der Waals surface area contributed by atoms with Gasteiger partial charge in [0.25, 0.3) is 0 Å². The van der Waals surface area contributed by atoms with Gasteiger partial charge in [-0.15, -0.1) is 13.2 Å². The second-order valence-electron chi connectivity index (χ2n) is 4.47. The first kappa shape index (κ1) is 13.2. The van der Waals surface area contributed by atoms with Gasteiger partial charge in [0.2, 0.25) is 0 Å². The maximum absolute atomic E-state index is 12.1. The molecule has 3 nitrogen and oxygen atoms in total. The van der Waals surface area contributed by atoms with Crippen molar-refractivity contribution < 1.29 is 23.0 Å². The summed E-state index contributed by atoms with van der Waals surface area (Å²) in [5, 5.41) is 9.85. The second-order valence-corrected chi connectivity index (χ2v) is 4.47. The highest BCUT2D eigenvalue weighted by molar-refractivity contribution is 5.31. The smallest absolute Gasteiger partial charge is 0.406 e. The molecule has 1 aliphatic rings. The van der Waals surface area contributed by atoms with E-state index in [4.69, 9.17) is 5.73 Å². The monoisotopic (exact) mass is 261 g/mol. The topological polar surface area (TPSA) is 55.5 Å². The number of hydrogen-bond donors (Lipinski definition) is 2. The van der Waals surface area contributed by atoms with Crippen LogP contribution in [-0.4, -0.2) is 17.6 Å². The van der Waals surface area contributed by atoms with Crippen molar-refractivity contribution in [2.24, 2.45) is 11.7 Å². The second kappa shape index (κ2) is 4.78. The lowest BCUT2D eigenvalue weighted by Crippen LogP contribution is -2.28. The number of rotatable bonds is 4. The van der Waals surface area contributed by atoms with Gasteiger partial charge in [-0.2, -0.15) is 0 Å². The minimum absolute atomic E-state index is 0.159. The molecule has 0 heterocycles. The number of hydrogen-bond acceptors (Lipinski definition) is 3. The Bertz CT molecular complexity index is 418. The molecule has 0 unspecified atom stereocenters. The predicted octanol–water partition coefficient (Wildman–Crippen LogP) is 2.36. The number of ether oxygens (including phenoxy) is 1. The van der Waals surface area contributed by atoms with E-state index in [2.05, 4.69) is 4.74 Å². The number of benzene rings is 1. The Labute approximate surface area is 102 Å². The molecule has 1 saturated carbocycles. The minimum atomic E-state index is -4.72. The van der Waals surface area contributed by atoms with Crippen LogP contribution in [0.15, 0.2) is 24.3 Å². The van der Waals surface area contributed by atoms with Gasteiger partial charge in [0, 0.05) is 0 Å². The Morgan fingerprint density at radius 2 is 2.00 bits per heavy atom. The molecule has 18 heavy (non-hydrogen) atoms. The molecular formula is C12H14F3NO2. The van der Waals surface area contributed by atoms with E-state index in [9.17, 15) is 18.3 Å². The van der Waals surface area contributed by atoms with Crippen molar-refractivity contribution in [1.29, 1.82) is 0 Å². The van der Waals surface area contributed by atoms with Crippen LogP contribution in [-0.2, 0) is 0 Å². The highest BCUT2D eigenvalue weighted by Gasteiger charge is 2.35. The first-order valence-corrected chi connectivity index (χ1v) is 5.66. The van der Waals surface area contributed by atoms with Crippen LogP contribution >= 0.6 is 0 Å². The molecule has 0 aliphatic heterocycles. The normalized spacial score (nSPS) is 19.4. The Hall–Kier alpha value is -1.27. The zero-order chi connectivity index (χ0) is 13.3. The van der Waals surface area contributed by atoms with Crippen LogP contribution in [0.3, 0.4) is 0 Å². The summed E-state index contributed by atoms with van der Waals surface area (Å²) in [5.74, 6) is -0.161. The molecule has 0 spiro atoms. The van der Waals surface area contributed by atoms with Gasteiger partial charge in [0.15, 0.2) is 0 Å². The zero-order valence-electron chi connectivity index (χ0n) is 9.52. The molecule has 2 rings (SSSR count). The molecule has 3 N–H and O–H groups in total. The summed E-state index contributed by atoms with van der Waals surface area (Å²) in [6, 6.07) is 4.74. The molecule has 1 aliphatic carbocycles. The molecule has 0 amide bonds. The summed E-state index contributed by atoms with van der Waals surface area (Å²) in [5.41, 5.74) is 6.27. The van der Waals surface area contributed by atoms with Gasteiger partial charge in [-0.3, -0.25) is 0 Å². The fraction of sp³-hybridized carbons (Fsp3) is 0.500. The van der Waals surface area contributed by atoms with Crippen molar-refractivity contribution in [3.63, 3.8) is 0 Å². The number of aliphatic hydroxyl groups is 1. The molecule has 1 fully saturated rings. The average molecular weight is 261 g/mol. The lowest BCUT2D eigenvalue weighted by Gasteiger charge is -2.19. The van der Waals surface area contributed by atoms with Crippen molar-refractivity contribution in [3.05, 3.63) is 29.8 Å². The molecule has 2 atom stereocenters. The van der Waals surface area contributed by atoms with Gasteiger partial charge < -0.3 is 15.6 Å². The van der Waals surface area contributed by atoms with Crippen molar-refractivity contribution in [2.45, 2.75) is 31.3 Å². The summed E-state index contributed by atoms with van der Waals surface area (Å²) in [6.45, 7) is 0. The van der Waals surface area contributed by atoms with Crippen molar-refractivity contribution in [3.8, 4) is 5.75 Å². The molecule has 0 aromatic heterocycles. The Balaban J connectivity index is 2.10. The van der Waals surface area contributed by atoms with Crippen LogP contribution in [0, 0.1) is 5.92 Å². The highest BCUT2D eigenvalue weighted by atomic mass is 19.4. The molecule has 0 bridgehead atoms. The van der Waals surface area contributed by atoms with Crippen LogP contribution in [0.1, 0.15) is 24.4 Å². The van der Waals surface area contributed by atoms with Crippen LogP contribution in [0.2, 0.25) is 0 Å². The van der Waals surface area contributed by atoms with E-state index in [1.54, 1.807) is 6.07 Å². The third kappa shape index (κ3) is 3.36. The molecule has 0 radical (unpaired) electrons. The average Bonchev–Trinajstić information content (AvgIpc) is 3.09. The van der Waals surface area contributed by atoms with Crippen LogP contribution in [0.4, 0.5) is 13.2 Å². The van der Waals surface area contributed by atoms with E-state index in [1.807, 2.05) is 0 Å². The van der Waals surface area contributed by atoms with Crippen LogP contribution in [0.25, 0.3) is 0 Å². The maximum atomic E-state index is 12.1. The fourth-order valence-corrected chi connectivity index (χ4v) is 1.85. The number of aliphatic hydroxyl groups excluding tert-OH is 1. The Kier molecular flexibility index (Phi) is 3.49. The van der Waals surface area contributed by atoms with E-state index in [0.29, 0.717) is 5.56 Å². The molecule has 1 aromatic carbocycles. The molecule has 100 valence electrons. The van der Waals surface area contributed by atoms with Gasteiger partial charge in [-0.1, -0.05) is 12.1 Å². The van der Waals surface area contributed by atoms with Crippen molar-refractivity contribution >= 4 is 0 Å². The summed E-state index contributed by atoms with van der Waals surface area (Å²) >= 11 is 0. The minimum Gasteiger partial charge on any atom is -0.406 e. The zero-order valence-corrected chi connectivity index (χ0v) is 9.52. The Morgan fingerprint density at radius 1 is 1.33 bits per heavy atom. The molecular weight excluding hydrogens is 247 g/mol. The van der Waals surface area contributed by atoms with Gasteiger partial charge in [0.05, 0.1) is 12.1 Å². The number of alkyl halides is 3. The largest absolute Gasteiger partial charge is 0.573 e. The standard InChI is InChI=1S/C12H14F3NO2/c13-12(14,15)18-9-3-1-2-8(6-9)10(16)11(17)7-4-5-7/h1-3,6-7,10-11,17H,4-5,16H2/t10-,11+/m0/s1. The molecule has 0 saturated heterocycles. The first-order valence-electron chi connectivity index (χ1n) is 5.66. The van der Waals surface area contributed by atoms with E-state index < -0.39 is 18.5 Å². The summed E-state index contributed by atoms with van der Waals surface area (Å²) < 4.78 is 40.0. The lowest BCUT2D eigenvalue weighted by molar-refractivity contribution is -0.274. The van der Waals surface area contributed by atoms with Gasteiger partial charge >= 0.3 is 6.36 Å². The van der Waals surface area contributed by atoms with Crippen LogP contribution in [0.5, 0.6) is 5.75 Å². The first-order chi connectivity index (χ1) is 8.37. The quantitative estimate of drug-likeness (QED) is 0.874. The predicted molar refractivity (Wildman–Crippen MR) is 58.8 cm³/mol. The van der Waals surface area contributed by atoms with Gasteiger partial charge in [-0.25, -0.2) is 0 Å². The van der Waals surface area contributed by atoms with E-state index in [1.165, 1.54) is 18.2 Å². The van der Waals surface area contributed by atoms with E-state index in [-0.39, 0.29) is 11.7 Å². The summed E-state index contributed by atoms with van der Waals surface area (Å²) in [6.07, 6.45) is -3.62. The summed E-state index contributed by atoms with van der Waals surface area (Å²) in [7, 11) is 0. The maximum Gasteiger partial charge on any atom is 0.573 e. The van der Waals surface area contributed by atoms with Crippen molar-refractivity contribution in [2.75, 3.05) is 0 Å². The molecule has 6 heteroatoms. The number of halogens is 3. The Morgan fingerprint density at radius 3 is 2.56 bits per heavy atom. The third-order valence-electron chi connectivity index (χ3n) is 2.95. The van der Waals surface area contributed by atoms with Gasteiger partial charge in [0.1, 0.15) is 5.75 Å². The summed E-state index contributed by atoms with van der Waals surface area (Å²) in [4.78, 5) is 0.